The van der Waals surface area contributed by atoms with Crippen molar-refractivity contribution < 1.29 is 22.4 Å². The van der Waals surface area contributed by atoms with Crippen molar-refractivity contribution in [3.63, 3.8) is 0 Å². The van der Waals surface area contributed by atoms with Crippen molar-refractivity contribution in [2.75, 3.05) is 19.7 Å². The van der Waals surface area contributed by atoms with Gasteiger partial charge >= 0.3 is 6.18 Å². The Morgan fingerprint density at radius 3 is 2.74 bits per heavy atom. The van der Waals surface area contributed by atoms with Gasteiger partial charge in [-0.25, -0.2) is 0 Å². The Morgan fingerprint density at radius 2 is 2.00 bits per heavy atom. The Balaban J connectivity index is 1.46. The first-order valence-corrected chi connectivity index (χ1v) is 11.1. The van der Waals surface area contributed by atoms with Crippen LogP contribution in [-0.2, 0) is 12.6 Å². The second kappa shape index (κ2) is 10.1. The van der Waals surface area contributed by atoms with E-state index in [1.807, 2.05) is 30.3 Å². The standard InChI is InChI=1S/C24H26F3N5O2/c25-24(26,27)19-14-17(10-11-20(19)33-13-5-8-16-6-2-1-3-7-16)21-30-22(34-31-21)18-9-4-12-32(15-18)23(28)29/h1-3,6-7,10-11,14,18H,4-5,8-9,12-13,15H2,(H3,28,29)/t18-/m1/s1. The number of aromatic nitrogens is 2. The van der Waals surface area contributed by atoms with Crippen molar-refractivity contribution in [3.8, 4) is 17.1 Å². The molecule has 2 heterocycles. The molecule has 1 saturated heterocycles. The number of ether oxygens (including phenoxy) is 1. The number of hydrogen-bond donors (Lipinski definition) is 2. The zero-order valence-corrected chi connectivity index (χ0v) is 18.5. The Kier molecular flexibility index (Phi) is 7.04. The lowest BCUT2D eigenvalue weighted by Gasteiger charge is -2.30. The predicted molar refractivity (Wildman–Crippen MR) is 120 cm³/mol. The van der Waals surface area contributed by atoms with Crippen LogP contribution < -0.4 is 10.5 Å². The predicted octanol–water partition coefficient (Wildman–Crippen LogP) is 4.84. The summed E-state index contributed by atoms with van der Waals surface area (Å²) in [4.78, 5) is 6.05. The summed E-state index contributed by atoms with van der Waals surface area (Å²) in [5.74, 6) is 0.0241. The van der Waals surface area contributed by atoms with Gasteiger partial charge in [0.1, 0.15) is 5.75 Å². The first kappa shape index (κ1) is 23.6. The van der Waals surface area contributed by atoms with Crippen molar-refractivity contribution in [1.29, 1.82) is 5.41 Å². The van der Waals surface area contributed by atoms with E-state index in [1.54, 1.807) is 4.90 Å². The molecule has 0 aliphatic carbocycles. The molecule has 0 radical (unpaired) electrons. The largest absolute Gasteiger partial charge is 0.493 e. The van der Waals surface area contributed by atoms with Crippen LogP contribution in [0.25, 0.3) is 11.4 Å². The van der Waals surface area contributed by atoms with E-state index >= 15 is 0 Å². The number of nitrogens with one attached hydrogen (secondary N) is 1. The molecule has 34 heavy (non-hydrogen) atoms. The monoisotopic (exact) mass is 473 g/mol. The van der Waals surface area contributed by atoms with E-state index in [1.165, 1.54) is 12.1 Å². The molecule has 0 bridgehead atoms. The highest BCUT2D eigenvalue weighted by Crippen LogP contribution is 2.39. The molecule has 7 nitrogen and oxygen atoms in total. The second-order valence-corrected chi connectivity index (χ2v) is 8.27. The molecular weight excluding hydrogens is 447 g/mol. The number of guanidine groups is 1. The molecule has 0 spiro atoms. The number of alkyl halides is 3. The third-order valence-electron chi connectivity index (χ3n) is 5.81. The van der Waals surface area contributed by atoms with E-state index in [2.05, 4.69) is 10.1 Å². The molecule has 2 aromatic carbocycles. The summed E-state index contributed by atoms with van der Waals surface area (Å²) in [6, 6.07) is 13.5. The molecule has 1 fully saturated rings. The van der Waals surface area contributed by atoms with Gasteiger partial charge in [0.05, 0.1) is 18.1 Å². The molecule has 4 rings (SSSR count). The summed E-state index contributed by atoms with van der Waals surface area (Å²) < 4.78 is 52.1. The van der Waals surface area contributed by atoms with Crippen LogP contribution in [0.2, 0.25) is 0 Å². The summed E-state index contributed by atoms with van der Waals surface area (Å²) in [5.41, 5.74) is 5.99. The average molecular weight is 473 g/mol. The Hall–Kier alpha value is -3.56. The molecule has 3 aromatic rings. The molecule has 0 saturated carbocycles. The summed E-state index contributed by atoms with van der Waals surface area (Å²) in [5, 5.41) is 11.5. The zero-order chi connectivity index (χ0) is 24.1. The molecule has 0 unspecified atom stereocenters. The van der Waals surface area contributed by atoms with Crippen LogP contribution in [0.4, 0.5) is 13.2 Å². The van der Waals surface area contributed by atoms with Crippen LogP contribution >= 0.6 is 0 Å². The van der Waals surface area contributed by atoms with Gasteiger partial charge in [0.2, 0.25) is 11.7 Å². The number of rotatable bonds is 7. The Labute approximate surface area is 195 Å². The number of piperidine rings is 1. The fraction of sp³-hybridized carbons (Fsp3) is 0.375. The topological polar surface area (TPSA) is 101 Å². The number of likely N-dealkylation sites (tertiary alicyclic amines) is 1. The third-order valence-corrected chi connectivity index (χ3v) is 5.81. The summed E-state index contributed by atoms with van der Waals surface area (Å²) in [6.07, 6.45) is -1.71. The van der Waals surface area contributed by atoms with Crippen molar-refractivity contribution >= 4 is 5.96 Å². The fourth-order valence-corrected chi connectivity index (χ4v) is 4.04. The van der Waals surface area contributed by atoms with Gasteiger partial charge in [0.25, 0.3) is 0 Å². The van der Waals surface area contributed by atoms with Gasteiger partial charge in [0, 0.05) is 18.7 Å². The normalized spacial score (nSPS) is 16.4. The minimum Gasteiger partial charge on any atom is -0.493 e. The molecule has 180 valence electrons. The minimum absolute atomic E-state index is 0.0291. The van der Waals surface area contributed by atoms with Gasteiger partial charge in [-0.1, -0.05) is 35.5 Å². The van der Waals surface area contributed by atoms with Crippen molar-refractivity contribution in [3.05, 3.63) is 65.5 Å². The van der Waals surface area contributed by atoms with Gasteiger partial charge in [-0.2, -0.15) is 18.2 Å². The average Bonchev–Trinajstić information content (AvgIpc) is 3.32. The molecule has 1 aliphatic heterocycles. The first-order chi connectivity index (χ1) is 16.3. The fourth-order valence-electron chi connectivity index (χ4n) is 4.04. The lowest BCUT2D eigenvalue weighted by atomic mass is 9.98. The van der Waals surface area contributed by atoms with E-state index in [0.29, 0.717) is 31.8 Å². The SMILES string of the molecule is N=C(N)N1CCC[C@@H](c2nc(-c3ccc(OCCCc4ccccc4)c(C(F)(F)F)c3)no2)C1. The highest BCUT2D eigenvalue weighted by atomic mass is 19.4. The lowest BCUT2D eigenvalue weighted by Crippen LogP contribution is -2.42. The molecule has 1 atom stereocenters. The minimum atomic E-state index is -4.59. The molecule has 1 aliphatic rings. The number of halogens is 3. The Bertz CT molecular complexity index is 1120. The number of aryl methyl sites for hydroxylation is 1. The van der Waals surface area contributed by atoms with E-state index < -0.39 is 11.7 Å². The van der Waals surface area contributed by atoms with Crippen molar-refractivity contribution in [2.24, 2.45) is 5.73 Å². The third kappa shape index (κ3) is 5.67. The maximum absolute atomic E-state index is 13.8. The van der Waals surface area contributed by atoms with Crippen LogP contribution in [0.15, 0.2) is 53.1 Å². The van der Waals surface area contributed by atoms with E-state index in [0.717, 1.165) is 24.5 Å². The van der Waals surface area contributed by atoms with Gasteiger partial charge in [-0.05, 0) is 49.4 Å². The van der Waals surface area contributed by atoms with E-state index in [4.69, 9.17) is 20.4 Å². The highest BCUT2D eigenvalue weighted by molar-refractivity contribution is 5.74. The van der Waals surface area contributed by atoms with Gasteiger partial charge in [-0.15, -0.1) is 0 Å². The van der Waals surface area contributed by atoms with Crippen LogP contribution in [-0.4, -0.2) is 40.7 Å². The summed E-state index contributed by atoms with van der Waals surface area (Å²) >= 11 is 0. The molecule has 1 aromatic heterocycles. The maximum atomic E-state index is 13.8. The summed E-state index contributed by atoms with van der Waals surface area (Å²) in [6.45, 7) is 1.30. The molecular formula is C24H26F3N5O2. The van der Waals surface area contributed by atoms with Gasteiger partial charge in [0.15, 0.2) is 5.96 Å². The van der Waals surface area contributed by atoms with Crippen LogP contribution in [0.1, 0.15) is 42.2 Å². The van der Waals surface area contributed by atoms with Crippen LogP contribution in [0, 0.1) is 5.41 Å². The van der Waals surface area contributed by atoms with Crippen LogP contribution in [0.5, 0.6) is 5.75 Å². The van der Waals surface area contributed by atoms with Crippen molar-refractivity contribution in [1.82, 2.24) is 15.0 Å². The van der Waals surface area contributed by atoms with E-state index in [9.17, 15) is 13.2 Å². The number of nitrogens with zero attached hydrogens (tertiary/aromatic N) is 3. The van der Waals surface area contributed by atoms with Gasteiger partial charge < -0.3 is 19.9 Å². The number of benzene rings is 2. The molecule has 10 heteroatoms. The number of hydrogen-bond acceptors (Lipinski definition) is 5. The zero-order valence-electron chi connectivity index (χ0n) is 18.5. The van der Waals surface area contributed by atoms with Gasteiger partial charge in [-0.3, -0.25) is 5.41 Å². The highest BCUT2D eigenvalue weighted by Gasteiger charge is 2.35. The quantitative estimate of drug-likeness (QED) is 0.289. The molecule has 3 N–H and O–H groups in total. The summed E-state index contributed by atoms with van der Waals surface area (Å²) in [7, 11) is 0. The van der Waals surface area contributed by atoms with Crippen molar-refractivity contribution in [2.45, 2.75) is 37.8 Å². The first-order valence-electron chi connectivity index (χ1n) is 11.1. The smallest absolute Gasteiger partial charge is 0.419 e. The van der Waals surface area contributed by atoms with Crippen LogP contribution in [0.3, 0.4) is 0 Å². The molecule has 0 amide bonds. The maximum Gasteiger partial charge on any atom is 0.419 e. The number of nitrogens with two attached hydrogens (primary N) is 1. The van der Waals surface area contributed by atoms with E-state index in [-0.39, 0.29) is 35.6 Å². The Morgan fingerprint density at radius 1 is 1.21 bits per heavy atom. The lowest BCUT2D eigenvalue weighted by molar-refractivity contribution is -0.138. The second-order valence-electron chi connectivity index (χ2n) is 8.27.